The van der Waals surface area contributed by atoms with E-state index in [0.29, 0.717) is 0 Å². The molecule has 1 N–H and O–H groups in total. The van der Waals surface area contributed by atoms with Gasteiger partial charge in [-0.05, 0) is 25.0 Å². The largest absolute Gasteiger partial charge is 0.314 e. The van der Waals surface area contributed by atoms with Crippen LogP contribution >= 0.6 is 11.3 Å². The average Bonchev–Trinajstić information content (AvgIpc) is 3.08. The van der Waals surface area contributed by atoms with Gasteiger partial charge in [0.05, 0.1) is 0 Å². The molecule has 0 amide bonds. The lowest BCUT2D eigenvalue weighted by atomic mass is 10.3. The van der Waals surface area contributed by atoms with E-state index in [1.165, 1.54) is 12.8 Å². The molecule has 0 aliphatic heterocycles. The molecule has 0 aromatic carbocycles. The minimum Gasteiger partial charge on any atom is -0.314 e. The van der Waals surface area contributed by atoms with Crippen LogP contribution in [-0.4, -0.2) is 37.4 Å². The van der Waals surface area contributed by atoms with Gasteiger partial charge in [-0.3, -0.25) is 4.98 Å². The molecule has 0 unspecified atom stereocenters. The third-order valence-electron chi connectivity index (χ3n) is 3.30. The number of rotatable bonds is 5. The van der Waals surface area contributed by atoms with Gasteiger partial charge in [0.25, 0.3) is 0 Å². The third-order valence-corrected chi connectivity index (χ3v) is 4.26. The molecule has 1 aliphatic rings. The van der Waals surface area contributed by atoms with E-state index < -0.39 is 0 Å². The van der Waals surface area contributed by atoms with Crippen molar-refractivity contribution in [3.63, 3.8) is 0 Å². The highest BCUT2D eigenvalue weighted by Gasteiger charge is 2.20. The van der Waals surface area contributed by atoms with Gasteiger partial charge in [-0.25, -0.2) is 0 Å². The van der Waals surface area contributed by atoms with Gasteiger partial charge in [0, 0.05) is 37.0 Å². The molecule has 0 spiro atoms. The Bertz CT molecular complexity index is 715. The topological polar surface area (TPSA) is 68.0 Å². The Labute approximate surface area is 119 Å². The molecule has 4 rings (SSSR count). The zero-order valence-electron chi connectivity index (χ0n) is 10.9. The normalized spacial score (nSPS) is 15.0. The first-order chi connectivity index (χ1) is 9.90. The highest BCUT2D eigenvalue weighted by molar-refractivity contribution is 7.16. The fraction of sp³-hybridized carbons (Fsp3) is 0.385. The van der Waals surface area contributed by atoms with Crippen LogP contribution in [0.5, 0.6) is 0 Å². The molecule has 3 aromatic heterocycles. The molecule has 3 heterocycles. The van der Waals surface area contributed by atoms with Crippen LogP contribution in [-0.2, 0) is 6.42 Å². The van der Waals surface area contributed by atoms with Crippen LogP contribution in [0, 0.1) is 0 Å². The summed E-state index contributed by atoms with van der Waals surface area (Å²) in [6.45, 7) is 0.983. The Hall–Kier alpha value is -1.86. The Morgan fingerprint density at radius 1 is 1.35 bits per heavy atom. The average molecular weight is 286 g/mol. The summed E-state index contributed by atoms with van der Waals surface area (Å²) in [5, 5.41) is 17.6. The summed E-state index contributed by atoms with van der Waals surface area (Å²) in [6.07, 6.45) is 7.10. The van der Waals surface area contributed by atoms with Crippen LogP contribution in [0.3, 0.4) is 0 Å². The Morgan fingerprint density at radius 3 is 3.10 bits per heavy atom. The minimum absolute atomic E-state index is 0.742. The highest BCUT2D eigenvalue weighted by Crippen LogP contribution is 2.21. The van der Waals surface area contributed by atoms with Gasteiger partial charge in [0.15, 0.2) is 5.82 Å². The molecule has 3 aromatic rings. The maximum Gasteiger partial charge on any atom is 0.234 e. The molecule has 7 heteroatoms. The number of fused-ring (bicyclic) bond motifs is 1. The molecular formula is C13H14N6S. The van der Waals surface area contributed by atoms with Crippen LogP contribution in [0.1, 0.15) is 17.8 Å². The van der Waals surface area contributed by atoms with Crippen LogP contribution < -0.4 is 5.32 Å². The van der Waals surface area contributed by atoms with E-state index >= 15 is 0 Å². The van der Waals surface area contributed by atoms with Crippen LogP contribution in [0.2, 0.25) is 0 Å². The first-order valence-corrected chi connectivity index (χ1v) is 7.57. The van der Waals surface area contributed by atoms with E-state index in [4.69, 9.17) is 0 Å². The smallest absolute Gasteiger partial charge is 0.234 e. The second kappa shape index (κ2) is 4.92. The van der Waals surface area contributed by atoms with Crippen LogP contribution in [0.15, 0.2) is 24.5 Å². The van der Waals surface area contributed by atoms with Gasteiger partial charge in [0.1, 0.15) is 5.01 Å². The van der Waals surface area contributed by atoms with Crippen molar-refractivity contribution in [2.24, 2.45) is 0 Å². The Kier molecular flexibility index (Phi) is 2.93. The fourth-order valence-electron chi connectivity index (χ4n) is 2.10. The molecule has 6 nitrogen and oxygen atoms in total. The summed E-state index contributed by atoms with van der Waals surface area (Å²) >= 11 is 1.60. The van der Waals surface area contributed by atoms with Gasteiger partial charge in [-0.2, -0.15) is 9.61 Å². The Morgan fingerprint density at radius 2 is 2.30 bits per heavy atom. The summed E-state index contributed by atoms with van der Waals surface area (Å²) in [7, 11) is 0. The Balaban J connectivity index is 1.58. The maximum atomic E-state index is 4.61. The zero-order valence-corrected chi connectivity index (χ0v) is 11.7. The molecule has 0 saturated heterocycles. The lowest BCUT2D eigenvalue weighted by molar-refractivity contribution is 0.675. The van der Waals surface area contributed by atoms with Gasteiger partial charge >= 0.3 is 0 Å². The molecule has 1 aliphatic carbocycles. The molecule has 0 atom stereocenters. The molecule has 0 bridgehead atoms. The van der Waals surface area contributed by atoms with Crippen molar-refractivity contribution >= 4 is 16.3 Å². The van der Waals surface area contributed by atoms with Gasteiger partial charge in [0.2, 0.25) is 4.96 Å². The first kappa shape index (κ1) is 11.9. The molecular weight excluding hydrogens is 272 g/mol. The molecule has 1 fully saturated rings. The van der Waals surface area contributed by atoms with Crippen molar-refractivity contribution in [1.82, 2.24) is 30.1 Å². The number of hydrogen-bond acceptors (Lipinski definition) is 6. The summed E-state index contributed by atoms with van der Waals surface area (Å²) in [4.78, 5) is 4.95. The molecule has 20 heavy (non-hydrogen) atoms. The number of hydrogen-bond donors (Lipinski definition) is 1. The number of pyridine rings is 1. The number of aromatic nitrogens is 5. The van der Waals surface area contributed by atoms with E-state index in [0.717, 1.165) is 40.4 Å². The van der Waals surface area contributed by atoms with Crippen molar-refractivity contribution in [3.8, 4) is 11.4 Å². The zero-order chi connectivity index (χ0) is 13.4. The highest BCUT2D eigenvalue weighted by atomic mass is 32.1. The van der Waals surface area contributed by atoms with Crippen molar-refractivity contribution in [1.29, 1.82) is 0 Å². The van der Waals surface area contributed by atoms with E-state index in [1.54, 1.807) is 23.7 Å². The quantitative estimate of drug-likeness (QED) is 0.770. The van der Waals surface area contributed by atoms with Gasteiger partial charge in [-0.15, -0.1) is 10.2 Å². The third kappa shape index (κ3) is 2.30. The predicted octanol–water partition coefficient (Wildman–Crippen LogP) is 1.54. The molecule has 102 valence electrons. The summed E-state index contributed by atoms with van der Waals surface area (Å²) < 4.78 is 1.81. The van der Waals surface area contributed by atoms with Crippen LogP contribution in [0.4, 0.5) is 0 Å². The second-order valence-corrected chi connectivity index (χ2v) is 5.97. The monoisotopic (exact) mass is 286 g/mol. The first-order valence-electron chi connectivity index (χ1n) is 6.75. The fourth-order valence-corrected chi connectivity index (χ4v) is 2.94. The lowest BCUT2D eigenvalue weighted by Crippen LogP contribution is -2.19. The summed E-state index contributed by atoms with van der Waals surface area (Å²) in [6, 6.07) is 4.60. The predicted molar refractivity (Wildman–Crippen MR) is 76.6 cm³/mol. The van der Waals surface area contributed by atoms with Crippen molar-refractivity contribution in [2.75, 3.05) is 6.54 Å². The maximum absolute atomic E-state index is 4.61. The standard InChI is InChI=1S/C13H14N6S/c1-2-9(8-14-6-1)12-16-17-13-19(12)18-11(20-13)5-7-15-10-3-4-10/h1-2,6,8,10,15H,3-5,7H2. The molecule has 1 saturated carbocycles. The van der Waals surface area contributed by atoms with Crippen molar-refractivity contribution < 1.29 is 0 Å². The summed E-state index contributed by atoms with van der Waals surface area (Å²) in [5.74, 6) is 0.755. The van der Waals surface area contributed by atoms with Crippen molar-refractivity contribution in [3.05, 3.63) is 29.5 Å². The number of nitrogens with zero attached hydrogens (tertiary/aromatic N) is 5. The van der Waals surface area contributed by atoms with E-state index in [1.807, 2.05) is 16.6 Å². The summed E-state index contributed by atoms with van der Waals surface area (Å²) in [5.41, 5.74) is 0.938. The van der Waals surface area contributed by atoms with E-state index in [9.17, 15) is 0 Å². The number of nitrogens with one attached hydrogen (secondary N) is 1. The molecule has 0 radical (unpaired) electrons. The second-order valence-electron chi connectivity index (χ2n) is 4.93. The van der Waals surface area contributed by atoms with E-state index in [-0.39, 0.29) is 0 Å². The minimum atomic E-state index is 0.742. The van der Waals surface area contributed by atoms with Crippen LogP contribution in [0.25, 0.3) is 16.3 Å². The lowest BCUT2D eigenvalue weighted by Gasteiger charge is -1.98. The van der Waals surface area contributed by atoms with Gasteiger partial charge < -0.3 is 5.32 Å². The van der Waals surface area contributed by atoms with E-state index in [2.05, 4.69) is 25.6 Å². The van der Waals surface area contributed by atoms with Gasteiger partial charge in [-0.1, -0.05) is 11.3 Å². The SMILES string of the molecule is c1cncc(-c2nnc3sc(CCNC4CC4)nn23)c1. The van der Waals surface area contributed by atoms with Crippen molar-refractivity contribution in [2.45, 2.75) is 25.3 Å².